The van der Waals surface area contributed by atoms with E-state index in [-0.39, 0.29) is 41.2 Å². The number of rotatable bonds is 13. The Morgan fingerprint density at radius 1 is 0.786 bits per heavy atom. The first-order valence-electron chi connectivity index (χ1n) is 13.7. The van der Waals surface area contributed by atoms with Crippen LogP contribution in [0.1, 0.15) is 48.2 Å². The number of benzene rings is 3. The molecule has 0 saturated heterocycles. The van der Waals surface area contributed by atoms with Gasteiger partial charge in [0.1, 0.15) is 11.4 Å². The summed E-state index contributed by atoms with van der Waals surface area (Å²) < 4.78 is 39.7. The molecule has 0 saturated carbocycles. The molecule has 0 fully saturated rings. The summed E-state index contributed by atoms with van der Waals surface area (Å²) in [6.45, 7) is 0.490. The summed E-state index contributed by atoms with van der Waals surface area (Å²) in [5.74, 6) is 0.481. The van der Waals surface area contributed by atoms with Gasteiger partial charge in [-0.2, -0.15) is 0 Å². The van der Waals surface area contributed by atoms with Crippen molar-refractivity contribution in [3.63, 3.8) is 0 Å². The fourth-order valence-corrected chi connectivity index (χ4v) is 5.34. The van der Waals surface area contributed by atoms with E-state index in [1.807, 2.05) is 79.0 Å². The van der Waals surface area contributed by atoms with Crippen LogP contribution in [0.5, 0.6) is 11.6 Å². The molecule has 3 aromatic carbocycles. The van der Waals surface area contributed by atoms with Crippen LogP contribution >= 0.6 is 0 Å². The summed E-state index contributed by atoms with van der Waals surface area (Å²) in [5.41, 5.74) is 5.73. The first-order valence-corrected chi connectivity index (χ1v) is 15.3. The van der Waals surface area contributed by atoms with Crippen LogP contribution in [0.2, 0.25) is 0 Å². The molecule has 8 nitrogen and oxygen atoms in total. The fraction of sp³-hybridized carbons (Fsp3) is 0.250. The Bertz CT molecular complexity index is 1710. The summed E-state index contributed by atoms with van der Waals surface area (Å²) in [6.07, 6.45) is 5.42. The van der Waals surface area contributed by atoms with Crippen LogP contribution in [0.3, 0.4) is 0 Å². The minimum Gasteiger partial charge on any atom is -0.748 e. The van der Waals surface area contributed by atoms with Gasteiger partial charge in [0.25, 0.3) is 0 Å². The first kappa shape index (κ1) is 31.7. The molecule has 1 N–H and O–H groups in total. The van der Waals surface area contributed by atoms with Crippen LogP contribution in [0.15, 0.2) is 91.1 Å². The number of fused-ring (bicyclic) bond motifs is 1. The topological polar surface area (TPSA) is 117 Å². The number of ether oxygens (including phenoxy) is 1. The maximum Gasteiger partial charge on any atom is 1.00 e. The molecule has 0 bridgehead atoms. The van der Waals surface area contributed by atoms with Crippen molar-refractivity contribution >= 4 is 15.8 Å². The van der Waals surface area contributed by atoms with E-state index in [1.165, 1.54) is 0 Å². The van der Waals surface area contributed by atoms with Gasteiger partial charge >= 0.3 is 29.6 Å². The van der Waals surface area contributed by atoms with E-state index < -0.39 is 10.1 Å². The maximum absolute atomic E-state index is 11.3. The Kier molecular flexibility index (Phi) is 11.2. The normalized spacial score (nSPS) is 11.4. The average Bonchev–Trinajstić information content (AvgIpc) is 3.28. The second-order valence-corrected chi connectivity index (χ2v) is 11.5. The van der Waals surface area contributed by atoms with Crippen molar-refractivity contribution in [1.82, 2.24) is 14.4 Å². The van der Waals surface area contributed by atoms with Crippen LogP contribution in [-0.2, 0) is 23.0 Å². The second kappa shape index (κ2) is 14.8. The van der Waals surface area contributed by atoms with Crippen molar-refractivity contribution in [3.05, 3.63) is 114 Å². The molecule has 0 spiro atoms. The SMILES string of the molecule is O=S(=O)([O-])CCCCCCOc1cccc(Cc2nc3c(Cc4ccccc4)nc(-c4ccccc4)cn3c2O)c1.[Na+]. The molecule has 42 heavy (non-hydrogen) atoms. The summed E-state index contributed by atoms with van der Waals surface area (Å²) in [5, 5.41) is 11.3. The number of unbranched alkanes of at least 4 members (excludes halogenated alkanes) is 3. The van der Waals surface area contributed by atoms with Crippen LogP contribution < -0.4 is 34.3 Å². The molecule has 10 heteroatoms. The molecule has 0 radical (unpaired) electrons. The van der Waals surface area contributed by atoms with Crippen LogP contribution in [0.4, 0.5) is 0 Å². The van der Waals surface area contributed by atoms with Crippen molar-refractivity contribution < 1.29 is 52.4 Å². The van der Waals surface area contributed by atoms with Gasteiger partial charge in [0.05, 0.1) is 28.1 Å². The predicted molar refractivity (Wildman–Crippen MR) is 157 cm³/mol. The third-order valence-electron chi connectivity index (χ3n) is 6.83. The minimum atomic E-state index is -4.14. The van der Waals surface area contributed by atoms with Gasteiger partial charge in [0, 0.05) is 30.4 Å². The van der Waals surface area contributed by atoms with Gasteiger partial charge in [-0.05, 0) is 36.1 Å². The van der Waals surface area contributed by atoms with Crippen LogP contribution in [-0.4, -0.2) is 44.8 Å². The van der Waals surface area contributed by atoms with Gasteiger partial charge in [-0.1, -0.05) is 85.6 Å². The molecule has 5 aromatic rings. The monoisotopic (exact) mass is 593 g/mol. The minimum absolute atomic E-state index is 0. The summed E-state index contributed by atoms with van der Waals surface area (Å²) in [4.78, 5) is 9.79. The number of aromatic hydroxyl groups is 1. The molecule has 0 unspecified atom stereocenters. The molecule has 0 aliphatic rings. The number of imidazole rings is 1. The Morgan fingerprint density at radius 2 is 1.45 bits per heavy atom. The molecule has 0 amide bonds. The smallest absolute Gasteiger partial charge is 0.748 e. The third-order valence-corrected chi connectivity index (χ3v) is 7.62. The number of hydrogen-bond acceptors (Lipinski definition) is 7. The zero-order valence-electron chi connectivity index (χ0n) is 23.6. The zero-order valence-corrected chi connectivity index (χ0v) is 26.5. The largest absolute Gasteiger partial charge is 1.00 e. The second-order valence-electron chi connectivity index (χ2n) is 10.0. The van der Waals surface area contributed by atoms with Crippen LogP contribution in [0.25, 0.3) is 16.9 Å². The number of nitrogens with zero attached hydrogens (tertiary/aromatic N) is 3. The van der Waals surface area contributed by atoms with Crippen molar-refractivity contribution in [2.24, 2.45) is 0 Å². The summed E-state index contributed by atoms with van der Waals surface area (Å²) in [6, 6.07) is 27.7. The van der Waals surface area contributed by atoms with E-state index >= 15 is 0 Å². The molecule has 212 valence electrons. The van der Waals surface area contributed by atoms with Crippen molar-refractivity contribution in [2.75, 3.05) is 12.4 Å². The van der Waals surface area contributed by atoms with E-state index in [9.17, 15) is 18.1 Å². The summed E-state index contributed by atoms with van der Waals surface area (Å²) in [7, 11) is -4.14. The summed E-state index contributed by atoms with van der Waals surface area (Å²) >= 11 is 0. The fourth-order valence-electron chi connectivity index (χ4n) is 4.78. The number of hydrogen-bond donors (Lipinski definition) is 1. The Balaban J connectivity index is 0.00000405. The Morgan fingerprint density at radius 3 is 2.19 bits per heavy atom. The van der Waals surface area contributed by atoms with Crippen LogP contribution in [0, 0.1) is 0 Å². The van der Waals surface area contributed by atoms with E-state index in [0.29, 0.717) is 49.4 Å². The van der Waals surface area contributed by atoms with Crippen molar-refractivity contribution in [3.8, 4) is 22.9 Å². The van der Waals surface area contributed by atoms with Gasteiger partial charge in [-0.3, -0.25) is 4.40 Å². The molecule has 0 aliphatic carbocycles. The average molecular weight is 594 g/mol. The quantitative estimate of drug-likeness (QED) is 0.127. The van der Waals surface area contributed by atoms with Gasteiger partial charge in [-0.25, -0.2) is 18.4 Å². The molecule has 0 aliphatic heterocycles. The van der Waals surface area contributed by atoms with Gasteiger partial charge in [0.2, 0.25) is 5.88 Å². The van der Waals surface area contributed by atoms with E-state index in [0.717, 1.165) is 40.9 Å². The molecule has 2 heterocycles. The van der Waals surface area contributed by atoms with Gasteiger partial charge < -0.3 is 14.4 Å². The van der Waals surface area contributed by atoms with Gasteiger partial charge in [0.15, 0.2) is 5.65 Å². The van der Waals surface area contributed by atoms with E-state index in [1.54, 1.807) is 4.40 Å². The number of aromatic nitrogens is 3. The van der Waals surface area contributed by atoms with E-state index in [4.69, 9.17) is 14.7 Å². The van der Waals surface area contributed by atoms with E-state index in [2.05, 4.69) is 12.1 Å². The molecular weight excluding hydrogens is 561 g/mol. The molecule has 2 aromatic heterocycles. The van der Waals surface area contributed by atoms with Gasteiger partial charge in [-0.15, -0.1) is 0 Å². The molecule has 5 rings (SSSR count). The maximum atomic E-state index is 11.3. The molecular formula is C32H32N3NaO5S. The third kappa shape index (κ3) is 8.65. The first-order chi connectivity index (χ1) is 19.9. The standard InChI is InChI=1S/C32H33N3O5S.Na/c36-32-29(22-25-14-11-17-27(20-25)40-18-9-1-2-10-19-41(37,38)39)34-31-28(21-24-12-5-3-6-13-24)33-30(23-35(31)32)26-15-7-4-8-16-26;/h3-8,11-17,20,23,36H,1-2,9-10,18-19,21-22H2,(H,37,38,39);/q;+1/p-1. The molecule has 0 atom stereocenters. The Labute approximate surface area is 268 Å². The zero-order chi connectivity index (χ0) is 28.7. The van der Waals surface area contributed by atoms with Crippen molar-refractivity contribution in [2.45, 2.75) is 38.5 Å². The van der Waals surface area contributed by atoms with Crippen molar-refractivity contribution in [1.29, 1.82) is 0 Å². The predicted octanol–water partition coefficient (Wildman–Crippen LogP) is 2.77. The Hall–Kier alpha value is -3.21.